The molecule has 8 heteroatoms. The summed E-state index contributed by atoms with van der Waals surface area (Å²) in [5.41, 5.74) is 0.772. The second-order valence-corrected chi connectivity index (χ2v) is 6.96. The van der Waals surface area contributed by atoms with Crippen molar-refractivity contribution >= 4 is 5.71 Å². The highest BCUT2D eigenvalue weighted by Crippen LogP contribution is 2.29. The number of aryl methyl sites for hydroxylation is 2. The van der Waals surface area contributed by atoms with E-state index in [1.54, 1.807) is 0 Å². The van der Waals surface area contributed by atoms with Crippen LogP contribution in [0.25, 0.3) is 0 Å². The Labute approximate surface area is 186 Å². The molecule has 2 rings (SSSR count). The molecule has 0 spiro atoms. The monoisotopic (exact) mass is 451 g/mol. The second-order valence-electron chi connectivity index (χ2n) is 6.96. The molecule has 0 N–H and O–H groups in total. The van der Waals surface area contributed by atoms with Crippen molar-refractivity contribution in [1.82, 2.24) is 0 Å². The first-order chi connectivity index (χ1) is 15.3. The third kappa shape index (κ3) is 7.51. The summed E-state index contributed by atoms with van der Waals surface area (Å²) < 4.78 is 56.2. The summed E-state index contributed by atoms with van der Waals surface area (Å²) in [5.74, 6) is 2.06. The van der Waals surface area contributed by atoms with E-state index >= 15 is 0 Å². The number of nitrogens with zero attached hydrogens (tertiary/aromatic N) is 1. The molecule has 0 saturated carbocycles. The largest absolute Gasteiger partial charge is 0.493 e. The van der Waals surface area contributed by atoms with E-state index < -0.39 is 11.9 Å². The van der Waals surface area contributed by atoms with Crippen LogP contribution in [-0.2, 0) is 4.84 Å². The van der Waals surface area contributed by atoms with E-state index in [1.807, 2.05) is 45.1 Å². The molecule has 0 aliphatic heterocycles. The van der Waals surface area contributed by atoms with Gasteiger partial charge >= 0.3 is 6.18 Å². The zero-order chi connectivity index (χ0) is 23.6. The number of allylic oxidation sites excluding steroid dienone is 1. The molecule has 2 aromatic carbocycles. The highest BCUT2D eigenvalue weighted by atomic mass is 19.4. The van der Waals surface area contributed by atoms with Crippen molar-refractivity contribution in [3.63, 3.8) is 0 Å². The maximum Gasteiger partial charge on any atom is 0.437 e. The Bertz CT molecular complexity index is 899. The molecular formula is C24H28F3NO4. The van der Waals surface area contributed by atoms with Crippen LogP contribution in [0, 0.1) is 13.8 Å². The SMILES string of the molecule is C/C=C/COc1cc(C)c(OCCCOc2ccc(/C(=N/OC)C(F)(F)F)cc2)c(C)c1. The van der Waals surface area contributed by atoms with Crippen LogP contribution in [0.2, 0.25) is 0 Å². The fraction of sp³-hybridized carbons (Fsp3) is 0.375. The number of hydrogen-bond donors (Lipinski definition) is 0. The topological polar surface area (TPSA) is 49.3 Å². The fourth-order valence-corrected chi connectivity index (χ4v) is 2.95. The summed E-state index contributed by atoms with van der Waals surface area (Å²) in [4.78, 5) is 4.30. The summed E-state index contributed by atoms with van der Waals surface area (Å²) in [6, 6.07) is 9.40. The van der Waals surface area contributed by atoms with Gasteiger partial charge in [0.1, 0.15) is 31.0 Å². The minimum atomic E-state index is -4.61. The fourth-order valence-electron chi connectivity index (χ4n) is 2.95. The van der Waals surface area contributed by atoms with Gasteiger partial charge < -0.3 is 19.0 Å². The molecule has 174 valence electrons. The number of benzene rings is 2. The van der Waals surface area contributed by atoms with Crippen LogP contribution < -0.4 is 14.2 Å². The lowest BCUT2D eigenvalue weighted by Crippen LogP contribution is -2.24. The molecule has 0 aliphatic carbocycles. The number of oxime groups is 1. The Morgan fingerprint density at radius 2 is 1.56 bits per heavy atom. The number of alkyl halides is 3. The normalized spacial score (nSPS) is 12.2. The molecule has 5 nitrogen and oxygen atoms in total. The van der Waals surface area contributed by atoms with Crippen LogP contribution >= 0.6 is 0 Å². The van der Waals surface area contributed by atoms with Gasteiger partial charge in [0, 0.05) is 12.0 Å². The van der Waals surface area contributed by atoms with Crippen LogP contribution in [0.3, 0.4) is 0 Å². The van der Waals surface area contributed by atoms with E-state index in [4.69, 9.17) is 14.2 Å². The van der Waals surface area contributed by atoms with Crippen LogP contribution in [0.15, 0.2) is 53.7 Å². The lowest BCUT2D eigenvalue weighted by molar-refractivity contribution is -0.0608. The van der Waals surface area contributed by atoms with Crippen molar-refractivity contribution in [1.29, 1.82) is 0 Å². The lowest BCUT2D eigenvalue weighted by Gasteiger charge is -2.15. The average Bonchev–Trinajstić information content (AvgIpc) is 2.73. The smallest absolute Gasteiger partial charge is 0.437 e. The molecule has 0 amide bonds. The van der Waals surface area contributed by atoms with Crippen LogP contribution in [-0.4, -0.2) is 38.8 Å². The maximum absolute atomic E-state index is 13.0. The number of rotatable bonds is 11. The molecule has 0 radical (unpaired) electrons. The van der Waals surface area contributed by atoms with E-state index in [9.17, 15) is 13.2 Å². The van der Waals surface area contributed by atoms with E-state index in [0.717, 1.165) is 29.7 Å². The zero-order valence-electron chi connectivity index (χ0n) is 18.7. The number of ether oxygens (including phenoxy) is 3. The molecule has 0 heterocycles. The lowest BCUT2D eigenvalue weighted by atomic mass is 10.1. The molecular weight excluding hydrogens is 423 g/mol. The first-order valence-electron chi connectivity index (χ1n) is 10.2. The Balaban J connectivity index is 1.83. The van der Waals surface area contributed by atoms with Gasteiger partial charge in [-0.2, -0.15) is 13.2 Å². The first kappa shape index (κ1) is 25.1. The number of hydrogen-bond acceptors (Lipinski definition) is 5. The standard InChI is InChI=1S/C24H28F3NO4/c1-5-6-12-31-21-15-17(2)22(18(3)16-21)32-14-7-13-30-20-10-8-19(9-11-20)23(28-29-4)24(25,26)27/h5-6,8-11,15-16H,7,12-14H2,1-4H3/b6-5+,28-23-. The van der Waals surface area contributed by atoms with Crippen molar-refractivity contribution in [3.05, 3.63) is 65.2 Å². The van der Waals surface area contributed by atoms with Crippen molar-refractivity contribution in [2.24, 2.45) is 5.16 Å². The molecule has 0 saturated heterocycles. The average molecular weight is 451 g/mol. The van der Waals surface area contributed by atoms with Gasteiger partial charge in [-0.15, -0.1) is 0 Å². The van der Waals surface area contributed by atoms with Crippen molar-refractivity contribution in [3.8, 4) is 17.2 Å². The van der Waals surface area contributed by atoms with Crippen LogP contribution in [0.4, 0.5) is 13.2 Å². The summed E-state index contributed by atoms with van der Waals surface area (Å²) in [5, 5.41) is 3.07. The predicted molar refractivity (Wildman–Crippen MR) is 118 cm³/mol. The van der Waals surface area contributed by atoms with Crippen molar-refractivity contribution < 1.29 is 32.2 Å². The van der Waals surface area contributed by atoms with Gasteiger partial charge in [0.25, 0.3) is 0 Å². The van der Waals surface area contributed by atoms with E-state index in [2.05, 4.69) is 9.99 Å². The van der Waals surface area contributed by atoms with E-state index in [-0.39, 0.29) is 5.56 Å². The van der Waals surface area contributed by atoms with E-state index in [1.165, 1.54) is 24.3 Å². The highest BCUT2D eigenvalue weighted by molar-refractivity contribution is 6.04. The minimum Gasteiger partial charge on any atom is -0.493 e. The molecule has 2 aromatic rings. The molecule has 0 aliphatic rings. The Morgan fingerprint density at radius 1 is 0.938 bits per heavy atom. The maximum atomic E-state index is 13.0. The van der Waals surface area contributed by atoms with Crippen molar-refractivity contribution in [2.75, 3.05) is 26.9 Å². The summed E-state index contributed by atoms with van der Waals surface area (Å²) in [6.07, 6.45) is -0.129. The molecule has 0 aromatic heterocycles. The third-order valence-electron chi connectivity index (χ3n) is 4.40. The van der Waals surface area contributed by atoms with Gasteiger partial charge in [0.05, 0.1) is 13.2 Å². The summed E-state index contributed by atoms with van der Waals surface area (Å²) >= 11 is 0. The Kier molecular flexibility index (Phi) is 9.43. The van der Waals surface area contributed by atoms with Gasteiger partial charge in [-0.25, -0.2) is 0 Å². The third-order valence-corrected chi connectivity index (χ3v) is 4.40. The predicted octanol–water partition coefficient (Wildman–Crippen LogP) is 6.02. The van der Waals surface area contributed by atoms with Gasteiger partial charge in [-0.05, 0) is 68.3 Å². The minimum absolute atomic E-state index is 0.0980. The van der Waals surface area contributed by atoms with Gasteiger partial charge in [-0.1, -0.05) is 17.3 Å². The molecule has 0 fully saturated rings. The van der Waals surface area contributed by atoms with Gasteiger partial charge in [0.15, 0.2) is 5.71 Å². The highest BCUT2D eigenvalue weighted by Gasteiger charge is 2.37. The Morgan fingerprint density at radius 3 is 2.12 bits per heavy atom. The summed E-state index contributed by atoms with van der Waals surface area (Å²) in [6.45, 7) is 7.19. The second kappa shape index (κ2) is 12.0. The molecule has 32 heavy (non-hydrogen) atoms. The molecule has 0 unspecified atom stereocenters. The number of halogens is 3. The zero-order valence-corrected chi connectivity index (χ0v) is 18.7. The van der Waals surface area contributed by atoms with Gasteiger partial charge in [0.2, 0.25) is 0 Å². The van der Waals surface area contributed by atoms with Gasteiger partial charge in [-0.3, -0.25) is 0 Å². The van der Waals surface area contributed by atoms with E-state index in [0.29, 0.717) is 32.0 Å². The first-order valence-corrected chi connectivity index (χ1v) is 10.2. The molecule has 0 bridgehead atoms. The Hall–Kier alpha value is -3.16. The van der Waals surface area contributed by atoms with Crippen LogP contribution in [0.5, 0.6) is 17.2 Å². The van der Waals surface area contributed by atoms with Crippen molar-refractivity contribution in [2.45, 2.75) is 33.4 Å². The van der Waals surface area contributed by atoms with Crippen LogP contribution in [0.1, 0.15) is 30.0 Å². The molecule has 0 atom stereocenters. The summed E-state index contributed by atoms with van der Waals surface area (Å²) in [7, 11) is 1.07. The quantitative estimate of drug-likeness (QED) is 0.181.